The van der Waals surface area contributed by atoms with Gasteiger partial charge in [0.1, 0.15) is 11.6 Å². The van der Waals surface area contributed by atoms with E-state index in [1.54, 1.807) is 29.7 Å². The molecule has 9 nitrogen and oxygen atoms in total. The molecule has 9 heteroatoms. The summed E-state index contributed by atoms with van der Waals surface area (Å²) in [5.41, 5.74) is 7.18. The minimum Gasteiger partial charge on any atom is -0.361 e. The first kappa shape index (κ1) is 18.9. The first-order valence-electron chi connectivity index (χ1n) is 9.48. The molecule has 3 aromatic rings. The molecular formula is C20H21N5O4. The summed E-state index contributed by atoms with van der Waals surface area (Å²) in [6.07, 6.45) is 2.30. The monoisotopic (exact) mass is 395 g/mol. The minimum atomic E-state index is -0.472. The molecule has 0 aliphatic carbocycles. The van der Waals surface area contributed by atoms with Crippen LogP contribution in [0.5, 0.6) is 0 Å². The van der Waals surface area contributed by atoms with Gasteiger partial charge in [-0.15, -0.1) is 0 Å². The van der Waals surface area contributed by atoms with Crippen molar-refractivity contribution < 1.29 is 14.1 Å². The zero-order valence-electron chi connectivity index (χ0n) is 16.2. The molecule has 0 bridgehead atoms. The molecule has 0 spiro atoms. The second kappa shape index (κ2) is 7.50. The number of carbonyl (C=O) groups excluding carboxylic acids is 2. The topological polar surface area (TPSA) is 119 Å². The molecule has 4 rings (SSSR count). The van der Waals surface area contributed by atoms with Crippen LogP contribution in [0.1, 0.15) is 46.0 Å². The molecule has 0 fully saturated rings. The lowest BCUT2D eigenvalue weighted by atomic mass is 10.1. The van der Waals surface area contributed by atoms with Gasteiger partial charge in [-0.1, -0.05) is 5.16 Å². The third kappa shape index (κ3) is 3.63. The Labute approximate surface area is 166 Å². The molecule has 0 radical (unpaired) electrons. The number of aryl methyl sites for hydroxylation is 3. The molecule has 1 aliphatic rings. The predicted octanol–water partition coefficient (Wildman–Crippen LogP) is 1.34. The van der Waals surface area contributed by atoms with Crippen molar-refractivity contribution in [3.8, 4) is 0 Å². The Hall–Kier alpha value is -3.49. The summed E-state index contributed by atoms with van der Waals surface area (Å²) in [4.78, 5) is 41.4. The largest absolute Gasteiger partial charge is 0.361 e. The van der Waals surface area contributed by atoms with E-state index in [9.17, 15) is 14.4 Å². The lowest BCUT2D eigenvalue weighted by Gasteiger charge is -2.09. The predicted molar refractivity (Wildman–Crippen MR) is 104 cm³/mol. The van der Waals surface area contributed by atoms with E-state index in [-0.39, 0.29) is 17.9 Å². The number of carbonyl (C=O) groups is 2. The summed E-state index contributed by atoms with van der Waals surface area (Å²) in [6.45, 7) is 4.30. The van der Waals surface area contributed by atoms with Crippen LogP contribution in [0.4, 0.5) is 0 Å². The van der Waals surface area contributed by atoms with Gasteiger partial charge in [0.05, 0.1) is 16.6 Å². The smallest absolute Gasteiger partial charge is 0.269 e. The Morgan fingerprint density at radius 2 is 2.07 bits per heavy atom. The van der Waals surface area contributed by atoms with E-state index < -0.39 is 5.91 Å². The first-order chi connectivity index (χ1) is 13.9. The van der Waals surface area contributed by atoms with E-state index >= 15 is 0 Å². The average Bonchev–Trinajstić information content (AvgIpc) is 3.31. The molecule has 0 atom stereocenters. The zero-order chi connectivity index (χ0) is 20.5. The van der Waals surface area contributed by atoms with Crippen LogP contribution < -0.4 is 16.4 Å². The van der Waals surface area contributed by atoms with Gasteiger partial charge < -0.3 is 4.52 Å². The summed E-state index contributed by atoms with van der Waals surface area (Å²) in [7, 11) is 0. The third-order valence-electron chi connectivity index (χ3n) is 5.18. The van der Waals surface area contributed by atoms with Crippen molar-refractivity contribution in [3.63, 3.8) is 0 Å². The number of nitrogens with one attached hydrogen (secondary N) is 2. The van der Waals surface area contributed by atoms with Crippen molar-refractivity contribution in [2.45, 2.75) is 46.1 Å². The van der Waals surface area contributed by atoms with Crippen molar-refractivity contribution in [3.05, 3.63) is 57.0 Å². The molecular weight excluding hydrogens is 374 g/mol. The highest BCUT2D eigenvalue weighted by atomic mass is 16.5. The lowest BCUT2D eigenvalue weighted by Crippen LogP contribution is -2.41. The Kier molecular flexibility index (Phi) is 4.87. The van der Waals surface area contributed by atoms with Crippen LogP contribution in [0.25, 0.3) is 10.9 Å². The number of rotatable bonds is 4. The van der Waals surface area contributed by atoms with Gasteiger partial charge in [0.25, 0.3) is 11.5 Å². The highest BCUT2D eigenvalue weighted by Gasteiger charge is 2.17. The molecule has 2 N–H and O–H groups in total. The van der Waals surface area contributed by atoms with Crippen LogP contribution in [0.3, 0.4) is 0 Å². The molecule has 0 unspecified atom stereocenters. The van der Waals surface area contributed by atoms with Crippen LogP contribution in [-0.2, 0) is 24.2 Å². The summed E-state index contributed by atoms with van der Waals surface area (Å²) in [6, 6.07) is 4.73. The second-order valence-electron chi connectivity index (χ2n) is 7.13. The van der Waals surface area contributed by atoms with E-state index in [0.717, 1.165) is 29.9 Å². The number of aromatic nitrogens is 3. The Morgan fingerprint density at radius 3 is 2.83 bits per heavy atom. The van der Waals surface area contributed by atoms with Crippen molar-refractivity contribution in [1.29, 1.82) is 0 Å². The summed E-state index contributed by atoms with van der Waals surface area (Å²) in [5, 5.41) is 4.34. The summed E-state index contributed by atoms with van der Waals surface area (Å²) >= 11 is 0. The van der Waals surface area contributed by atoms with Crippen molar-refractivity contribution in [2.24, 2.45) is 0 Å². The van der Waals surface area contributed by atoms with E-state index in [2.05, 4.69) is 21.0 Å². The van der Waals surface area contributed by atoms with Gasteiger partial charge in [-0.3, -0.25) is 29.8 Å². The van der Waals surface area contributed by atoms with Gasteiger partial charge in [-0.05, 0) is 44.9 Å². The average molecular weight is 395 g/mol. The molecule has 2 aromatic heterocycles. The molecule has 0 saturated heterocycles. The van der Waals surface area contributed by atoms with Gasteiger partial charge in [0, 0.05) is 30.5 Å². The second-order valence-corrected chi connectivity index (χ2v) is 7.13. The maximum Gasteiger partial charge on any atom is 0.269 e. The molecule has 3 heterocycles. The van der Waals surface area contributed by atoms with Gasteiger partial charge in [0.2, 0.25) is 5.91 Å². The highest BCUT2D eigenvalue weighted by molar-refractivity contribution is 5.98. The number of amides is 2. The maximum absolute atomic E-state index is 12.5. The number of nitrogens with zero attached hydrogens (tertiary/aromatic N) is 3. The third-order valence-corrected chi connectivity index (χ3v) is 5.18. The Morgan fingerprint density at radius 1 is 1.24 bits per heavy atom. The van der Waals surface area contributed by atoms with Crippen molar-refractivity contribution in [2.75, 3.05) is 0 Å². The fourth-order valence-corrected chi connectivity index (χ4v) is 3.58. The van der Waals surface area contributed by atoms with E-state index in [0.29, 0.717) is 35.2 Å². The summed E-state index contributed by atoms with van der Waals surface area (Å²) < 4.78 is 6.76. The normalized spacial score (nSPS) is 12.8. The van der Waals surface area contributed by atoms with Crippen molar-refractivity contribution in [1.82, 2.24) is 25.6 Å². The standard InChI is InChI=1S/C20H21N5O4/c1-11-14(12(2)29-24-11)7-8-18(26)22-23-19(27)13-5-6-15-16(10-13)21-17-4-3-9-25(17)20(15)28/h5-6,10H,3-4,7-9H2,1-2H3,(H,22,26)(H,23,27). The first-order valence-corrected chi connectivity index (χ1v) is 9.48. The van der Waals surface area contributed by atoms with Crippen LogP contribution in [0.15, 0.2) is 27.5 Å². The zero-order valence-corrected chi connectivity index (χ0v) is 16.2. The number of hydrazine groups is 1. The molecule has 29 heavy (non-hydrogen) atoms. The number of hydrogen-bond acceptors (Lipinski definition) is 6. The SMILES string of the molecule is Cc1noc(C)c1CCC(=O)NNC(=O)c1ccc2c(=O)n3c(nc2c1)CCC3. The lowest BCUT2D eigenvalue weighted by molar-refractivity contribution is -0.121. The molecule has 150 valence electrons. The van der Waals surface area contributed by atoms with Gasteiger partial charge >= 0.3 is 0 Å². The number of benzene rings is 1. The fourth-order valence-electron chi connectivity index (χ4n) is 3.58. The molecule has 1 aliphatic heterocycles. The van der Waals surface area contributed by atoms with E-state index in [4.69, 9.17) is 4.52 Å². The minimum absolute atomic E-state index is 0.0814. The Bertz CT molecular complexity index is 1160. The van der Waals surface area contributed by atoms with Crippen LogP contribution >= 0.6 is 0 Å². The number of fused-ring (bicyclic) bond motifs is 2. The quantitative estimate of drug-likeness (QED) is 0.644. The van der Waals surface area contributed by atoms with Gasteiger partial charge in [-0.2, -0.15) is 0 Å². The van der Waals surface area contributed by atoms with Crippen LogP contribution in [-0.4, -0.2) is 26.5 Å². The molecule has 2 amide bonds. The maximum atomic E-state index is 12.5. The van der Waals surface area contributed by atoms with E-state index in [1.165, 1.54) is 0 Å². The van der Waals surface area contributed by atoms with Gasteiger partial charge in [-0.25, -0.2) is 4.98 Å². The van der Waals surface area contributed by atoms with Crippen LogP contribution in [0, 0.1) is 13.8 Å². The molecule has 1 aromatic carbocycles. The van der Waals surface area contributed by atoms with E-state index in [1.807, 2.05) is 6.92 Å². The summed E-state index contributed by atoms with van der Waals surface area (Å²) in [5.74, 6) is 0.631. The van der Waals surface area contributed by atoms with Crippen LogP contribution in [0.2, 0.25) is 0 Å². The number of hydrogen-bond donors (Lipinski definition) is 2. The van der Waals surface area contributed by atoms with Gasteiger partial charge in [0.15, 0.2) is 0 Å². The molecule has 0 saturated carbocycles. The Balaban J connectivity index is 1.40. The van der Waals surface area contributed by atoms with Crippen molar-refractivity contribution >= 4 is 22.7 Å². The fraction of sp³-hybridized carbons (Fsp3) is 0.350. The highest BCUT2D eigenvalue weighted by Crippen LogP contribution is 2.16.